The van der Waals surface area contributed by atoms with Crippen LogP contribution in [0.3, 0.4) is 0 Å². The highest BCUT2D eigenvalue weighted by atomic mass is 32.1. The molecule has 0 unspecified atom stereocenters. The van der Waals surface area contributed by atoms with Crippen LogP contribution in [0.1, 0.15) is 10.4 Å². The van der Waals surface area contributed by atoms with Gasteiger partial charge < -0.3 is 9.64 Å². The predicted octanol–water partition coefficient (Wildman–Crippen LogP) is 4.72. The molecule has 3 heterocycles. The van der Waals surface area contributed by atoms with Crippen LogP contribution >= 0.6 is 12.6 Å². The van der Waals surface area contributed by atoms with E-state index in [9.17, 15) is 4.79 Å². The van der Waals surface area contributed by atoms with Gasteiger partial charge in [-0.2, -0.15) is 0 Å². The normalized spacial score (nSPS) is 14.0. The van der Waals surface area contributed by atoms with Crippen molar-refractivity contribution >= 4 is 29.4 Å². The second kappa shape index (κ2) is 8.49. The number of hydrogen-bond acceptors (Lipinski definition) is 5. The maximum atomic E-state index is 13.3. The summed E-state index contributed by atoms with van der Waals surface area (Å²) in [6.07, 6.45) is 5.34. The summed E-state index contributed by atoms with van der Waals surface area (Å²) in [6.45, 7) is 2.38. The summed E-state index contributed by atoms with van der Waals surface area (Å²) in [5, 5.41) is 0.992. The molecule has 0 aliphatic carbocycles. The number of rotatable bonds is 3. The van der Waals surface area contributed by atoms with E-state index in [1.54, 1.807) is 12.4 Å². The van der Waals surface area contributed by atoms with E-state index < -0.39 is 0 Å². The van der Waals surface area contributed by atoms with Crippen molar-refractivity contribution in [2.45, 2.75) is 4.90 Å². The molecular formula is C25H21N3O2S. The number of carbonyl (C=O) groups is 1. The molecule has 1 aliphatic rings. The summed E-state index contributed by atoms with van der Waals surface area (Å²) in [5.74, 6) is 0.0343. The average molecular weight is 428 g/mol. The maximum Gasteiger partial charge on any atom is 0.254 e. The summed E-state index contributed by atoms with van der Waals surface area (Å²) < 4.78 is 5.41. The van der Waals surface area contributed by atoms with Gasteiger partial charge in [0.1, 0.15) is 0 Å². The Labute approximate surface area is 186 Å². The van der Waals surface area contributed by atoms with Crippen LogP contribution in [0.5, 0.6) is 0 Å². The van der Waals surface area contributed by atoms with Crippen molar-refractivity contribution < 1.29 is 9.53 Å². The number of thiol groups is 1. The van der Waals surface area contributed by atoms with Crippen LogP contribution in [-0.4, -0.2) is 47.1 Å². The van der Waals surface area contributed by atoms with Crippen molar-refractivity contribution in [2.24, 2.45) is 0 Å². The standard InChI is InChI=1S/C25H21N3O2S/c29-25(28-9-11-30-12-10-28)22-4-2-1-3-20(22)21-7-8-27-24-6-5-17(14-23(21)24)18-13-19(31)16-26-15-18/h1-8,13-16,31H,9-12H2. The Morgan fingerprint density at radius 1 is 0.935 bits per heavy atom. The second-order valence-electron chi connectivity index (χ2n) is 7.47. The van der Waals surface area contributed by atoms with Crippen molar-refractivity contribution in [3.05, 3.63) is 78.8 Å². The number of pyridine rings is 2. The van der Waals surface area contributed by atoms with Gasteiger partial charge >= 0.3 is 0 Å². The first kappa shape index (κ1) is 19.7. The summed E-state index contributed by atoms with van der Waals surface area (Å²) in [7, 11) is 0. The number of amides is 1. The van der Waals surface area contributed by atoms with Crippen molar-refractivity contribution in [1.29, 1.82) is 0 Å². The number of benzene rings is 2. The Hall–Kier alpha value is -3.22. The molecule has 1 aliphatic heterocycles. The summed E-state index contributed by atoms with van der Waals surface area (Å²) in [4.78, 5) is 24.8. The quantitative estimate of drug-likeness (QED) is 0.481. The lowest BCUT2D eigenvalue weighted by molar-refractivity contribution is 0.0303. The van der Waals surface area contributed by atoms with Crippen LogP contribution < -0.4 is 0 Å². The molecule has 0 radical (unpaired) electrons. The molecular weight excluding hydrogens is 406 g/mol. The largest absolute Gasteiger partial charge is 0.378 e. The predicted molar refractivity (Wildman–Crippen MR) is 124 cm³/mol. The van der Waals surface area contributed by atoms with Crippen molar-refractivity contribution in [3.63, 3.8) is 0 Å². The molecule has 0 atom stereocenters. The minimum absolute atomic E-state index is 0.0343. The van der Waals surface area contributed by atoms with Crippen LogP contribution in [0, 0.1) is 0 Å². The topological polar surface area (TPSA) is 55.3 Å². The average Bonchev–Trinajstić information content (AvgIpc) is 2.83. The number of aromatic nitrogens is 2. The Morgan fingerprint density at radius 2 is 1.77 bits per heavy atom. The fourth-order valence-corrected chi connectivity index (χ4v) is 4.19. The smallest absolute Gasteiger partial charge is 0.254 e. The van der Waals surface area contributed by atoms with E-state index in [4.69, 9.17) is 4.74 Å². The van der Waals surface area contributed by atoms with E-state index in [0.29, 0.717) is 31.9 Å². The van der Waals surface area contributed by atoms with E-state index in [0.717, 1.165) is 38.1 Å². The zero-order valence-corrected chi connectivity index (χ0v) is 17.8. The SMILES string of the molecule is O=C(c1ccccc1-c1ccnc2ccc(-c3cncc(S)c3)cc12)N1CCOCC1. The van der Waals surface area contributed by atoms with Crippen LogP contribution in [-0.2, 0) is 4.74 Å². The molecule has 2 aromatic heterocycles. The van der Waals surface area contributed by atoms with Crippen molar-refractivity contribution in [3.8, 4) is 22.3 Å². The molecule has 5 nitrogen and oxygen atoms in total. The third kappa shape index (κ3) is 3.92. The van der Waals surface area contributed by atoms with E-state index in [2.05, 4.69) is 28.7 Å². The van der Waals surface area contributed by atoms with E-state index >= 15 is 0 Å². The summed E-state index contributed by atoms with van der Waals surface area (Å²) >= 11 is 4.42. The highest BCUT2D eigenvalue weighted by Gasteiger charge is 2.22. The number of hydrogen-bond donors (Lipinski definition) is 1. The van der Waals surface area contributed by atoms with E-state index in [-0.39, 0.29) is 5.91 Å². The summed E-state index contributed by atoms with van der Waals surface area (Å²) in [5.41, 5.74) is 5.49. The molecule has 1 fully saturated rings. The lowest BCUT2D eigenvalue weighted by Crippen LogP contribution is -2.40. The first-order valence-electron chi connectivity index (χ1n) is 10.2. The fourth-order valence-electron chi connectivity index (χ4n) is 3.99. The summed E-state index contributed by atoms with van der Waals surface area (Å²) in [6, 6.07) is 17.9. The molecule has 2 aromatic carbocycles. The first-order valence-corrected chi connectivity index (χ1v) is 10.6. The lowest BCUT2D eigenvalue weighted by atomic mass is 9.94. The Bertz CT molecular complexity index is 1270. The van der Waals surface area contributed by atoms with Gasteiger partial charge in [-0.05, 0) is 47.0 Å². The number of carbonyl (C=O) groups excluding carboxylic acids is 1. The van der Waals surface area contributed by atoms with Gasteiger partial charge in [0, 0.05) is 53.1 Å². The zero-order valence-electron chi connectivity index (χ0n) is 16.9. The molecule has 1 amide bonds. The first-order chi connectivity index (χ1) is 15.2. The molecule has 31 heavy (non-hydrogen) atoms. The Balaban J connectivity index is 1.64. The third-order valence-electron chi connectivity index (χ3n) is 5.54. The second-order valence-corrected chi connectivity index (χ2v) is 7.99. The van der Waals surface area contributed by atoms with Gasteiger partial charge in [0.05, 0.1) is 18.7 Å². The maximum absolute atomic E-state index is 13.3. The number of ether oxygens (including phenoxy) is 1. The van der Waals surface area contributed by atoms with Gasteiger partial charge in [-0.3, -0.25) is 14.8 Å². The van der Waals surface area contributed by atoms with Crippen LogP contribution in [0.15, 0.2) is 78.1 Å². The van der Waals surface area contributed by atoms with Gasteiger partial charge in [-0.25, -0.2) is 0 Å². The molecule has 4 aromatic rings. The van der Waals surface area contributed by atoms with Gasteiger partial charge in [0.25, 0.3) is 5.91 Å². The van der Waals surface area contributed by atoms with Gasteiger partial charge in [-0.15, -0.1) is 12.6 Å². The minimum atomic E-state index is 0.0343. The van der Waals surface area contributed by atoms with Gasteiger partial charge in [0.2, 0.25) is 0 Å². The molecule has 0 spiro atoms. The lowest BCUT2D eigenvalue weighted by Gasteiger charge is -2.27. The molecule has 0 saturated carbocycles. The highest BCUT2D eigenvalue weighted by molar-refractivity contribution is 7.80. The third-order valence-corrected chi connectivity index (χ3v) is 5.79. The molecule has 5 rings (SSSR count). The molecule has 154 valence electrons. The van der Waals surface area contributed by atoms with Crippen LogP contribution in [0.2, 0.25) is 0 Å². The molecule has 6 heteroatoms. The van der Waals surface area contributed by atoms with Crippen molar-refractivity contribution in [1.82, 2.24) is 14.9 Å². The molecule has 0 N–H and O–H groups in total. The van der Waals surface area contributed by atoms with Gasteiger partial charge in [0.15, 0.2) is 0 Å². The fraction of sp³-hybridized carbons (Fsp3) is 0.160. The highest BCUT2D eigenvalue weighted by Crippen LogP contribution is 2.33. The van der Waals surface area contributed by atoms with E-state index in [1.165, 1.54) is 0 Å². The number of fused-ring (bicyclic) bond motifs is 1. The number of morpholine rings is 1. The Morgan fingerprint density at radius 3 is 2.61 bits per heavy atom. The van der Waals surface area contributed by atoms with Crippen LogP contribution in [0.4, 0.5) is 0 Å². The minimum Gasteiger partial charge on any atom is -0.378 e. The molecule has 1 saturated heterocycles. The number of nitrogens with zero attached hydrogens (tertiary/aromatic N) is 3. The molecule has 0 bridgehead atoms. The Kier molecular flexibility index (Phi) is 5.40. The van der Waals surface area contributed by atoms with Crippen molar-refractivity contribution in [2.75, 3.05) is 26.3 Å². The zero-order chi connectivity index (χ0) is 21.2. The van der Waals surface area contributed by atoms with E-state index in [1.807, 2.05) is 59.6 Å². The van der Waals surface area contributed by atoms with Gasteiger partial charge in [-0.1, -0.05) is 24.3 Å². The monoisotopic (exact) mass is 427 g/mol. The van der Waals surface area contributed by atoms with Crippen LogP contribution in [0.25, 0.3) is 33.2 Å².